The Hall–Kier alpha value is -1.95. The molecule has 0 spiro atoms. The van der Waals surface area contributed by atoms with Crippen LogP contribution >= 0.6 is 0 Å². The summed E-state index contributed by atoms with van der Waals surface area (Å²) in [7, 11) is 0. The van der Waals surface area contributed by atoms with Crippen molar-refractivity contribution in [2.24, 2.45) is 0 Å². The maximum Gasteiger partial charge on any atom is 0.235 e. The maximum absolute atomic E-state index is 10.2. The average molecular weight is 208 g/mol. The van der Waals surface area contributed by atoms with Gasteiger partial charge in [0, 0.05) is 16.5 Å². The molecule has 0 aromatic carbocycles. The van der Waals surface area contributed by atoms with Crippen molar-refractivity contribution in [1.29, 1.82) is 0 Å². The summed E-state index contributed by atoms with van der Waals surface area (Å²) in [6.07, 6.45) is 1.69. The van der Waals surface area contributed by atoms with Gasteiger partial charge < -0.3 is 9.52 Å². The quantitative estimate of drug-likeness (QED) is 0.603. The standard InChI is InChI=1S/C9H8N2O4/c12-7(5-11(13)14)8-9-6(1-3-10-8)2-4-15-9/h1-4,7,12H,5H2. The molecule has 1 unspecified atom stereocenters. The van der Waals surface area contributed by atoms with Crippen LogP contribution in [0.15, 0.2) is 29.0 Å². The molecule has 6 nitrogen and oxygen atoms in total. The van der Waals surface area contributed by atoms with Crippen molar-refractivity contribution in [1.82, 2.24) is 4.98 Å². The summed E-state index contributed by atoms with van der Waals surface area (Å²) in [5, 5.41) is 20.6. The number of nitrogens with zero attached hydrogens (tertiary/aromatic N) is 2. The zero-order valence-corrected chi connectivity index (χ0v) is 7.66. The summed E-state index contributed by atoms with van der Waals surface area (Å²) >= 11 is 0. The van der Waals surface area contributed by atoms with Crippen LogP contribution in [0, 0.1) is 10.1 Å². The molecule has 0 saturated carbocycles. The van der Waals surface area contributed by atoms with Gasteiger partial charge in [0.2, 0.25) is 6.54 Å². The Kier molecular flexibility index (Phi) is 2.34. The molecule has 1 atom stereocenters. The molecule has 0 fully saturated rings. The third-order valence-electron chi connectivity index (χ3n) is 2.03. The highest BCUT2D eigenvalue weighted by atomic mass is 16.6. The Morgan fingerprint density at radius 1 is 1.60 bits per heavy atom. The van der Waals surface area contributed by atoms with E-state index in [1.807, 2.05) is 0 Å². The summed E-state index contributed by atoms with van der Waals surface area (Å²) in [6.45, 7) is -0.577. The molecule has 0 aliphatic carbocycles. The van der Waals surface area contributed by atoms with Crippen molar-refractivity contribution in [3.05, 3.63) is 40.4 Å². The Balaban J connectivity index is 2.42. The molecule has 0 saturated heterocycles. The molecule has 2 heterocycles. The van der Waals surface area contributed by atoms with Gasteiger partial charge in [-0.2, -0.15) is 0 Å². The van der Waals surface area contributed by atoms with Crippen molar-refractivity contribution in [2.75, 3.05) is 6.54 Å². The van der Waals surface area contributed by atoms with Crippen LogP contribution in [0.3, 0.4) is 0 Å². The lowest BCUT2D eigenvalue weighted by Crippen LogP contribution is -2.13. The van der Waals surface area contributed by atoms with Crippen molar-refractivity contribution < 1.29 is 14.4 Å². The fourth-order valence-corrected chi connectivity index (χ4v) is 1.38. The molecule has 0 aliphatic rings. The first-order chi connectivity index (χ1) is 7.18. The second-order valence-electron chi connectivity index (χ2n) is 3.07. The molecule has 0 aliphatic heterocycles. The lowest BCUT2D eigenvalue weighted by Gasteiger charge is -2.04. The Morgan fingerprint density at radius 3 is 3.13 bits per heavy atom. The predicted molar refractivity (Wildman–Crippen MR) is 50.8 cm³/mol. The zero-order valence-electron chi connectivity index (χ0n) is 7.66. The van der Waals surface area contributed by atoms with E-state index in [4.69, 9.17) is 4.42 Å². The molecule has 78 valence electrons. The second-order valence-corrected chi connectivity index (χ2v) is 3.07. The van der Waals surface area contributed by atoms with Gasteiger partial charge in [-0.15, -0.1) is 0 Å². The number of aromatic nitrogens is 1. The van der Waals surface area contributed by atoms with Crippen LogP contribution in [0.1, 0.15) is 11.8 Å². The largest absolute Gasteiger partial charge is 0.462 e. The van der Waals surface area contributed by atoms with E-state index in [0.29, 0.717) is 5.58 Å². The smallest absolute Gasteiger partial charge is 0.235 e. The van der Waals surface area contributed by atoms with Gasteiger partial charge in [0.1, 0.15) is 5.69 Å². The van der Waals surface area contributed by atoms with Gasteiger partial charge in [0.15, 0.2) is 11.7 Å². The fourth-order valence-electron chi connectivity index (χ4n) is 1.38. The van der Waals surface area contributed by atoms with Gasteiger partial charge in [-0.25, -0.2) is 0 Å². The summed E-state index contributed by atoms with van der Waals surface area (Å²) in [5.74, 6) is 0. The third-order valence-corrected chi connectivity index (χ3v) is 2.03. The molecule has 0 bridgehead atoms. The van der Waals surface area contributed by atoms with E-state index in [2.05, 4.69) is 4.98 Å². The molecule has 2 aromatic rings. The number of aliphatic hydroxyl groups excluding tert-OH is 1. The van der Waals surface area contributed by atoms with E-state index in [9.17, 15) is 15.2 Å². The summed E-state index contributed by atoms with van der Waals surface area (Å²) < 4.78 is 5.11. The number of rotatable bonds is 3. The molecule has 0 amide bonds. The molecular weight excluding hydrogens is 200 g/mol. The monoisotopic (exact) mass is 208 g/mol. The Morgan fingerprint density at radius 2 is 2.40 bits per heavy atom. The van der Waals surface area contributed by atoms with E-state index < -0.39 is 17.6 Å². The minimum atomic E-state index is -1.24. The number of nitro groups is 1. The number of furan rings is 1. The normalized spacial score (nSPS) is 12.9. The van der Waals surface area contributed by atoms with Crippen LogP contribution in [0.25, 0.3) is 11.0 Å². The molecular formula is C9H8N2O4. The minimum Gasteiger partial charge on any atom is -0.462 e. The second kappa shape index (κ2) is 3.66. The predicted octanol–water partition coefficient (Wildman–Crippen LogP) is 1.14. The van der Waals surface area contributed by atoms with Gasteiger partial charge in [-0.1, -0.05) is 0 Å². The van der Waals surface area contributed by atoms with Gasteiger partial charge in [-0.3, -0.25) is 15.1 Å². The number of aliphatic hydroxyl groups is 1. The van der Waals surface area contributed by atoms with E-state index in [-0.39, 0.29) is 5.69 Å². The van der Waals surface area contributed by atoms with Crippen LogP contribution in [0.4, 0.5) is 0 Å². The lowest BCUT2D eigenvalue weighted by atomic mass is 10.2. The first-order valence-corrected chi connectivity index (χ1v) is 4.30. The van der Waals surface area contributed by atoms with Crippen LogP contribution in [0.2, 0.25) is 0 Å². The van der Waals surface area contributed by atoms with E-state index in [0.717, 1.165) is 5.39 Å². The SMILES string of the molecule is O=[N+]([O-])CC(O)c1nccc2ccoc12. The van der Waals surface area contributed by atoms with E-state index >= 15 is 0 Å². The van der Waals surface area contributed by atoms with E-state index in [1.165, 1.54) is 12.5 Å². The first kappa shape index (κ1) is 9.60. The van der Waals surface area contributed by atoms with Crippen LogP contribution in [-0.4, -0.2) is 21.6 Å². The average Bonchev–Trinajstić information content (AvgIpc) is 2.63. The molecule has 2 aromatic heterocycles. The highest BCUT2D eigenvalue weighted by Gasteiger charge is 2.19. The van der Waals surface area contributed by atoms with Crippen molar-refractivity contribution in [3.63, 3.8) is 0 Å². The van der Waals surface area contributed by atoms with Gasteiger partial charge in [0.25, 0.3) is 0 Å². The summed E-state index contributed by atoms with van der Waals surface area (Å²) in [6, 6.07) is 3.42. The highest BCUT2D eigenvalue weighted by molar-refractivity contribution is 5.78. The maximum atomic E-state index is 10.2. The number of fused-ring (bicyclic) bond motifs is 1. The first-order valence-electron chi connectivity index (χ1n) is 4.30. The summed E-state index contributed by atoms with van der Waals surface area (Å²) in [5.41, 5.74) is 0.598. The van der Waals surface area contributed by atoms with Crippen molar-refractivity contribution in [3.8, 4) is 0 Å². The molecule has 1 N–H and O–H groups in total. The van der Waals surface area contributed by atoms with Crippen LogP contribution in [-0.2, 0) is 0 Å². The van der Waals surface area contributed by atoms with Crippen LogP contribution in [0.5, 0.6) is 0 Å². The summed E-state index contributed by atoms with van der Waals surface area (Å²) in [4.78, 5) is 13.5. The minimum absolute atomic E-state index is 0.203. The topological polar surface area (TPSA) is 89.4 Å². The molecule has 15 heavy (non-hydrogen) atoms. The van der Waals surface area contributed by atoms with Gasteiger partial charge in [-0.05, 0) is 12.1 Å². The Labute approximate surface area is 84.3 Å². The van der Waals surface area contributed by atoms with Gasteiger partial charge in [0.05, 0.1) is 6.26 Å². The number of hydrogen-bond acceptors (Lipinski definition) is 5. The van der Waals surface area contributed by atoms with Crippen molar-refractivity contribution in [2.45, 2.75) is 6.10 Å². The van der Waals surface area contributed by atoms with Crippen molar-refractivity contribution >= 4 is 11.0 Å². The highest BCUT2D eigenvalue weighted by Crippen LogP contribution is 2.22. The molecule has 0 radical (unpaired) electrons. The molecule has 6 heteroatoms. The number of pyridine rings is 1. The van der Waals surface area contributed by atoms with Gasteiger partial charge >= 0.3 is 0 Å². The number of hydrogen-bond donors (Lipinski definition) is 1. The van der Waals surface area contributed by atoms with Crippen LogP contribution < -0.4 is 0 Å². The fraction of sp³-hybridized carbons (Fsp3) is 0.222. The zero-order chi connectivity index (χ0) is 10.8. The lowest BCUT2D eigenvalue weighted by molar-refractivity contribution is -0.491. The Bertz CT molecular complexity index is 494. The third kappa shape index (κ3) is 1.79. The molecule has 2 rings (SSSR count). The van der Waals surface area contributed by atoms with E-state index in [1.54, 1.807) is 12.1 Å².